The number of carbonyl (C=O) groups is 2. The second kappa shape index (κ2) is 9.95. The van der Waals surface area contributed by atoms with Crippen molar-refractivity contribution >= 4 is 21.8 Å². The van der Waals surface area contributed by atoms with Gasteiger partial charge in [0.1, 0.15) is 0 Å². The molecule has 2 aromatic rings. The Labute approximate surface area is 192 Å². The molecule has 33 heavy (non-hydrogen) atoms. The number of sulfone groups is 1. The number of rotatable bonds is 8. The quantitative estimate of drug-likeness (QED) is 0.565. The third-order valence-electron chi connectivity index (χ3n) is 5.10. The summed E-state index contributed by atoms with van der Waals surface area (Å²) in [6, 6.07) is 9.64. The number of aryl methyl sites for hydroxylation is 1. The third-order valence-corrected chi connectivity index (χ3v) is 6.76. The Kier molecular flexibility index (Phi) is 7.27. The number of nitrogens with one attached hydrogen (secondary N) is 2. The molecule has 0 aliphatic carbocycles. The Bertz CT molecular complexity index is 1190. The van der Waals surface area contributed by atoms with Gasteiger partial charge in [-0.1, -0.05) is 23.8 Å². The highest BCUT2D eigenvalue weighted by Gasteiger charge is 2.36. The van der Waals surface area contributed by atoms with Gasteiger partial charge in [-0.15, -0.1) is 0 Å². The van der Waals surface area contributed by atoms with Crippen molar-refractivity contribution in [2.24, 2.45) is 0 Å². The lowest BCUT2D eigenvalue weighted by Crippen LogP contribution is -2.47. The van der Waals surface area contributed by atoms with Crippen LogP contribution < -0.4 is 20.1 Å². The molecule has 9 nitrogen and oxygen atoms in total. The van der Waals surface area contributed by atoms with Gasteiger partial charge in [0, 0.05) is 5.70 Å². The Hall–Kier alpha value is -3.53. The van der Waals surface area contributed by atoms with Crippen LogP contribution in [0, 0.1) is 6.92 Å². The van der Waals surface area contributed by atoms with E-state index in [0.29, 0.717) is 17.1 Å². The van der Waals surface area contributed by atoms with Crippen molar-refractivity contribution in [2.75, 3.05) is 26.6 Å². The number of carbonyl (C=O) groups excluding carboxylic acids is 2. The number of benzene rings is 2. The summed E-state index contributed by atoms with van der Waals surface area (Å²) in [5, 5.41) is 5.16. The number of hydrogen-bond donors (Lipinski definition) is 2. The molecule has 0 spiro atoms. The maximum absolute atomic E-state index is 13.1. The Balaban J connectivity index is 2.12. The molecule has 2 aromatic carbocycles. The largest absolute Gasteiger partial charge is 0.493 e. The van der Waals surface area contributed by atoms with Crippen LogP contribution in [0.25, 0.3) is 0 Å². The molecule has 0 fully saturated rings. The summed E-state index contributed by atoms with van der Waals surface area (Å²) < 4.78 is 41.9. The first-order valence-corrected chi connectivity index (χ1v) is 11.8. The topological polar surface area (TPSA) is 120 Å². The molecule has 0 aromatic heterocycles. The highest BCUT2D eigenvalue weighted by atomic mass is 32.2. The number of urea groups is 1. The van der Waals surface area contributed by atoms with Gasteiger partial charge in [0.05, 0.1) is 43.1 Å². The summed E-state index contributed by atoms with van der Waals surface area (Å²) in [4.78, 5) is 25.5. The zero-order valence-electron chi connectivity index (χ0n) is 18.8. The van der Waals surface area contributed by atoms with Crippen LogP contribution in [-0.4, -0.2) is 47.0 Å². The van der Waals surface area contributed by atoms with Gasteiger partial charge >= 0.3 is 12.0 Å². The molecule has 0 saturated carbocycles. The Morgan fingerprint density at radius 3 is 2.30 bits per heavy atom. The summed E-state index contributed by atoms with van der Waals surface area (Å²) >= 11 is 0. The Morgan fingerprint density at radius 1 is 1.03 bits per heavy atom. The van der Waals surface area contributed by atoms with E-state index in [4.69, 9.17) is 14.2 Å². The minimum absolute atomic E-state index is 0.000596. The van der Waals surface area contributed by atoms with Crippen molar-refractivity contribution in [1.82, 2.24) is 10.6 Å². The van der Waals surface area contributed by atoms with Gasteiger partial charge in [-0.25, -0.2) is 18.0 Å². The number of ether oxygens (including phenoxy) is 3. The van der Waals surface area contributed by atoms with Gasteiger partial charge in [-0.3, -0.25) is 0 Å². The molecular formula is C23H26N2O7S. The van der Waals surface area contributed by atoms with Crippen LogP contribution >= 0.6 is 0 Å². The maximum Gasteiger partial charge on any atom is 0.338 e. The minimum Gasteiger partial charge on any atom is -0.493 e. The predicted octanol–water partition coefficient (Wildman–Crippen LogP) is 2.66. The summed E-state index contributed by atoms with van der Waals surface area (Å²) in [5.41, 5.74) is 1.36. The van der Waals surface area contributed by atoms with E-state index < -0.39 is 33.6 Å². The van der Waals surface area contributed by atoms with E-state index in [9.17, 15) is 18.0 Å². The van der Waals surface area contributed by atoms with Gasteiger partial charge in [-0.05, 0) is 43.7 Å². The highest BCUT2D eigenvalue weighted by molar-refractivity contribution is 7.91. The molecule has 1 aliphatic rings. The van der Waals surface area contributed by atoms with E-state index in [-0.39, 0.29) is 22.8 Å². The molecule has 0 radical (unpaired) electrons. The van der Waals surface area contributed by atoms with E-state index in [1.54, 1.807) is 37.3 Å². The lowest BCUT2D eigenvalue weighted by Gasteiger charge is -2.29. The first-order chi connectivity index (χ1) is 15.7. The number of amides is 2. The van der Waals surface area contributed by atoms with Crippen LogP contribution in [0.15, 0.2) is 58.6 Å². The van der Waals surface area contributed by atoms with Crippen molar-refractivity contribution in [2.45, 2.75) is 24.8 Å². The van der Waals surface area contributed by atoms with E-state index in [1.165, 1.54) is 26.4 Å². The summed E-state index contributed by atoms with van der Waals surface area (Å²) in [6.07, 6.45) is 0. The van der Waals surface area contributed by atoms with Crippen molar-refractivity contribution < 1.29 is 32.2 Å². The number of esters is 1. The van der Waals surface area contributed by atoms with E-state index in [0.717, 1.165) is 5.56 Å². The molecule has 0 saturated heterocycles. The van der Waals surface area contributed by atoms with E-state index in [2.05, 4.69) is 10.6 Å². The second-order valence-electron chi connectivity index (χ2n) is 7.33. The molecule has 10 heteroatoms. The predicted molar refractivity (Wildman–Crippen MR) is 121 cm³/mol. The van der Waals surface area contributed by atoms with Gasteiger partial charge in [0.2, 0.25) is 0 Å². The number of hydrogen-bond acceptors (Lipinski definition) is 7. The lowest BCUT2D eigenvalue weighted by molar-refractivity contribution is -0.139. The molecule has 1 aliphatic heterocycles. The monoisotopic (exact) mass is 474 g/mol. The summed E-state index contributed by atoms with van der Waals surface area (Å²) in [7, 11) is -0.913. The zero-order valence-corrected chi connectivity index (χ0v) is 19.6. The molecule has 1 heterocycles. The van der Waals surface area contributed by atoms with Crippen LogP contribution in [0.3, 0.4) is 0 Å². The van der Waals surface area contributed by atoms with Crippen LogP contribution in [-0.2, 0) is 19.4 Å². The molecule has 3 rings (SSSR count). The lowest BCUT2D eigenvalue weighted by atomic mass is 9.95. The van der Waals surface area contributed by atoms with E-state index in [1.807, 2.05) is 6.92 Å². The molecule has 2 amide bonds. The standard InChI is InChI=1S/C23H26N2O7S/c1-5-32-22(26)20-17(13-33(28,29)16-9-6-14(2)7-10-16)24-23(27)25-21(20)15-8-11-18(30-3)19(12-15)31-4/h6-12,21H,5,13H2,1-4H3,(H2,24,25,27)/t21-/m0/s1. The number of methoxy groups -OCH3 is 2. The van der Waals surface area contributed by atoms with Gasteiger partial charge in [-0.2, -0.15) is 0 Å². The average Bonchev–Trinajstić information content (AvgIpc) is 2.78. The summed E-state index contributed by atoms with van der Waals surface area (Å²) in [5.74, 6) is -0.467. The summed E-state index contributed by atoms with van der Waals surface area (Å²) in [6.45, 7) is 3.56. The van der Waals surface area contributed by atoms with Crippen LogP contribution in [0.1, 0.15) is 24.1 Å². The highest BCUT2D eigenvalue weighted by Crippen LogP contribution is 2.35. The molecular weight excluding hydrogens is 448 g/mol. The van der Waals surface area contributed by atoms with Crippen LogP contribution in [0.4, 0.5) is 4.79 Å². The van der Waals surface area contributed by atoms with Crippen molar-refractivity contribution in [1.29, 1.82) is 0 Å². The third kappa shape index (κ3) is 5.28. The molecule has 176 valence electrons. The first kappa shape index (κ1) is 24.1. The normalized spacial score (nSPS) is 16.0. The van der Waals surface area contributed by atoms with Crippen molar-refractivity contribution in [3.8, 4) is 11.5 Å². The van der Waals surface area contributed by atoms with Gasteiger partial charge in [0.25, 0.3) is 0 Å². The first-order valence-electron chi connectivity index (χ1n) is 10.2. The van der Waals surface area contributed by atoms with Crippen molar-refractivity contribution in [3.63, 3.8) is 0 Å². The fraction of sp³-hybridized carbons (Fsp3) is 0.304. The molecule has 0 bridgehead atoms. The molecule has 1 atom stereocenters. The smallest absolute Gasteiger partial charge is 0.338 e. The minimum atomic E-state index is -3.86. The SMILES string of the molecule is CCOC(=O)C1=C(CS(=O)(=O)c2ccc(C)cc2)NC(=O)N[C@H]1c1ccc(OC)c(OC)c1. The second-order valence-corrected chi connectivity index (χ2v) is 9.32. The average molecular weight is 475 g/mol. The zero-order chi connectivity index (χ0) is 24.2. The maximum atomic E-state index is 13.1. The van der Waals surface area contributed by atoms with Crippen LogP contribution in [0.5, 0.6) is 11.5 Å². The van der Waals surface area contributed by atoms with Gasteiger partial charge in [0.15, 0.2) is 21.3 Å². The molecule has 0 unspecified atom stereocenters. The Morgan fingerprint density at radius 2 is 1.70 bits per heavy atom. The fourth-order valence-corrected chi connectivity index (χ4v) is 4.81. The molecule has 2 N–H and O–H groups in total. The van der Waals surface area contributed by atoms with E-state index >= 15 is 0 Å². The van der Waals surface area contributed by atoms with Crippen LogP contribution in [0.2, 0.25) is 0 Å². The van der Waals surface area contributed by atoms with Gasteiger partial charge < -0.3 is 24.8 Å². The fourth-order valence-electron chi connectivity index (χ4n) is 3.48. The van der Waals surface area contributed by atoms with Crippen molar-refractivity contribution in [3.05, 3.63) is 64.9 Å².